The number of likely N-dealkylation sites (tertiary alicyclic amines) is 1. The molecule has 1 aliphatic rings. The van der Waals surface area contributed by atoms with Crippen molar-refractivity contribution in [2.24, 2.45) is 7.05 Å². The molecule has 3 aromatic rings. The molecule has 0 bridgehead atoms. The SMILES string of the molecule is Cn1ccc2c(OC3CCN(Cc4cncnc4)CC3)cccc21. The van der Waals surface area contributed by atoms with Gasteiger partial charge in [0.15, 0.2) is 0 Å². The Balaban J connectivity index is 1.37. The molecular formula is C19H22N4O. The van der Waals surface area contributed by atoms with Crippen LogP contribution in [0.25, 0.3) is 10.9 Å². The van der Waals surface area contributed by atoms with Gasteiger partial charge in [-0.3, -0.25) is 4.90 Å². The molecule has 0 amide bonds. The zero-order valence-electron chi connectivity index (χ0n) is 13.9. The maximum atomic E-state index is 6.32. The highest BCUT2D eigenvalue weighted by Gasteiger charge is 2.21. The molecule has 5 nitrogen and oxygen atoms in total. The summed E-state index contributed by atoms with van der Waals surface area (Å²) in [6, 6.07) is 8.42. The molecule has 0 saturated carbocycles. The smallest absolute Gasteiger partial charge is 0.129 e. The van der Waals surface area contributed by atoms with Crippen molar-refractivity contribution in [1.29, 1.82) is 0 Å². The van der Waals surface area contributed by atoms with Crippen LogP contribution in [0.4, 0.5) is 0 Å². The van der Waals surface area contributed by atoms with E-state index in [4.69, 9.17) is 4.74 Å². The molecule has 0 unspecified atom stereocenters. The van der Waals surface area contributed by atoms with Crippen LogP contribution in [0, 0.1) is 0 Å². The number of piperidine rings is 1. The molecule has 124 valence electrons. The molecule has 5 heteroatoms. The highest BCUT2D eigenvalue weighted by Crippen LogP contribution is 2.28. The molecule has 1 aliphatic heterocycles. The first-order valence-corrected chi connectivity index (χ1v) is 8.46. The monoisotopic (exact) mass is 322 g/mol. The van der Waals surface area contributed by atoms with Crippen molar-refractivity contribution >= 4 is 10.9 Å². The second kappa shape index (κ2) is 6.61. The Morgan fingerprint density at radius 1 is 1.12 bits per heavy atom. The lowest BCUT2D eigenvalue weighted by atomic mass is 10.1. The van der Waals surface area contributed by atoms with Gasteiger partial charge in [-0.25, -0.2) is 9.97 Å². The van der Waals surface area contributed by atoms with Gasteiger partial charge in [-0.2, -0.15) is 0 Å². The normalized spacial score (nSPS) is 16.5. The van der Waals surface area contributed by atoms with Gasteiger partial charge in [0.25, 0.3) is 0 Å². The van der Waals surface area contributed by atoms with Crippen molar-refractivity contribution in [3.63, 3.8) is 0 Å². The number of nitrogens with zero attached hydrogens (tertiary/aromatic N) is 4. The molecule has 24 heavy (non-hydrogen) atoms. The van der Waals surface area contributed by atoms with Gasteiger partial charge in [0.1, 0.15) is 18.2 Å². The number of hydrogen-bond donors (Lipinski definition) is 0. The fraction of sp³-hybridized carbons (Fsp3) is 0.368. The summed E-state index contributed by atoms with van der Waals surface area (Å²) in [4.78, 5) is 10.6. The van der Waals surface area contributed by atoms with Crippen LogP contribution in [0.2, 0.25) is 0 Å². The molecule has 0 N–H and O–H groups in total. The van der Waals surface area contributed by atoms with Crippen LogP contribution in [0.1, 0.15) is 18.4 Å². The van der Waals surface area contributed by atoms with E-state index in [1.165, 1.54) is 16.5 Å². The number of aromatic nitrogens is 3. The van der Waals surface area contributed by atoms with Crippen LogP contribution in [-0.2, 0) is 13.6 Å². The Labute approximate surface area is 141 Å². The summed E-state index contributed by atoms with van der Waals surface area (Å²) in [5.41, 5.74) is 2.39. The van der Waals surface area contributed by atoms with E-state index >= 15 is 0 Å². The molecule has 4 rings (SSSR count). The average Bonchev–Trinajstić information content (AvgIpc) is 3.00. The van der Waals surface area contributed by atoms with E-state index in [-0.39, 0.29) is 0 Å². The Hall–Kier alpha value is -2.40. The van der Waals surface area contributed by atoms with E-state index in [0.717, 1.165) is 38.2 Å². The molecule has 3 heterocycles. The van der Waals surface area contributed by atoms with Crippen molar-refractivity contribution in [2.45, 2.75) is 25.5 Å². The zero-order chi connectivity index (χ0) is 16.4. The van der Waals surface area contributed by atoms with E-state index in [1.807, 2.05) is 12.4 Å². The standard InChI is InChI=1S/C19H22N4O/c1-22-8-7-17-18(22)3-2-4-19(17)24-16-5-9-23(10-6-16)13-15-11-20-14-21-12-15/h2-4,7-8,11-12,14,16H,5-6,9-10,13H2,1H3. The van der Waals surface area contributed by atoms with Gasteiger partial charge in [-0.1, -0.05) is 6.07 Å². The van der Waals surface area contributed by atoms with Crippen molar-refractivity contribution in [2.75, 3.05) is 13.1 Å². The fourth-order valence-corrected chi connectivity index (χ4v) is 3.41. The Morgan fingerprint density at radius 3 is 2.71 bits per heavy atom. The predicted molar refractivity (Wildman–Crippen MR) is 93.9 cm³/mol. The van der Waals surface area contributed by atoms with Crippen LogP contribution in [0.15, 0.2) is 49.2 Å². The van der Waals surface area contributed by atoms with Gasteiger partial charge in [0, 0.05) is 56.2 Å². The lowest BCUT2D eigenvalue weighted by Gasteiger charge is -2.32. The van der Waals surface area contributed by atoms with Gasteiger partial charge in [-0.15, -0.1) is 0 Å². The first-order valence-electron chi connectivity index (χ1n) is 8.46. The van der Waals surface area contributed by atoms with Gasteiger partial charge in [0.2, 0.25) is 0 Å². The lowest BCUT2D eigenvalue weighted by Crippen LogP contribution is -2.37. The summed E-state index contributed by atoms with van der Waals surface area (Å²) in [7, 11) is 2.07. The summed E-state index contributed by atoms with van der Waals surface area (Å²) >= 11 is 0. The summed E-state index contributed by atoms with van der Waals surface area (Å²) in [6.45, 7) is 3.01. The molecule has 2 aromatic heterocycles. The number of fused-ring (bicyclic) bond motifs is 1. The van der Waals surface area contributed by atoms with Crippen molar-refractivity contribution < 1.29 is 4.74 Å². The van der Waals surface area contributed by atoms with Crippen LogP contribution < -0.4 is 4.74 Å². The van der Waals surface area contributed by atoms with Gasteiger partial charge < -0.3 is 9.30 Å². The third-order valence-electron chi connectivity index (χ3n) is 4.74. The fourth-order valence-electron chi connectivity index (χ4n) is 3.41. The van der Waals surface area contributed by atoms with E-state index in [1.54, 1.807) is 6.33 Å². The van der Waals surface area contributed by atoms with E-state index < -0.39 is 0 Å². The van der Waals surface area contributed by atoms with Crippen LogP contribution in [-0.4, -0.2) is 38.6 Å². The summed E-state index contributed by atoms with van der Waals surface area (Å²) in [5.74, 6) is 1.00. The summed E-state index contributed by atoms with van der Waals surface area (Å²) in [6.07, 6.45) is 9.85. The summed E-state index contributed by atoms with van der Waals surface area (Å²) < 4.78 is 8.45. The van der Waals surface area contributed by atoms with Crippen molar-refractivity contribution in [3.8, 4) is 5.75 Å². The average molecular weight is 322 g/mol. The number of rotatable bonds is 4. The minimum Gasteiger partial charge on any atom is -0.490 e. The highest BCUT2D eigenvalue weighted by atomic mass is 16.5. The molecule has 0 spiro atoms. The van der Waals surface area contributed by atoms with E-state index in [9.17, 15) is 0 Å². The van der Waals surface area contributed by atoms with E-state index in [0.29, 0.717) is 6.10 Å². The van der Waals surface area contributed by atoms with Crippen LogP contribution in [0.3, 0.4) is 0 Å². The topological polar surface area (TPSA) is 43.2 Å². The van der Waals surface area contributed by atoms with Gasteiger partial charge >= 0.3 is 0 Å². The first-order chi connectivity index (χ1) is 11.8. The summed E-state index contributed by atoms with van der Waals surface area (Å²) in [5, 5.41) is 1.20. The van der Waals surface area contributed by atoms with Crippen LogP contribution in [0.5, 0.6) is 5.75 Å². The number of benzene rings is 1. The lowest BCUT2D eigenvalue weighted by molar-refractivity contribution is 0.0979. The predicted octanol–water partition coefficient (Wildman–Crippen LogP) is 3.01. The first kappa shape index (κ1) is 15.1. The minimum absolute atomic E-state index is 0.291. The Morgan fingerprint density at radius 2 is 1.92 bits per heavy atom. The second-order valence-corrected chi connectivity index (χ2v) is 6.46. The van der Waals surface area contributed by atoms with Crippen molar-refractivity contribution in [3.05, 3.63) is 54.7 Å². The molecule has 0 atom stereocenters. The molecule has 1 fully saturated rings. The molecule has 0 radical (unpaired) electrons. The third kappa shape index (κ3) is 3.12. The van der Waals surface area contributed by atoms with Gasteiger partial charge in [-0.05, 0) is 31.0 Å². The van der Waals surface area contributed by atoms with Crippen molar-refractivity contribution in [1.82, 2.24) is 19.4 Å². The quantitative estimate of drug-likeness (QED) is 0.740. The second-order valence-electron chi connectivity index (χ2n) is 6.46. The Bertz CT molecular complexity index is 807. The molecular weight excluding hydrogens is 300 g/mol. The minimum atomic E-state index is 0.291. The third-order valence-corrected chi connectivity index (χ3v) is 4.74. The number of hydrogen-bond acceptors (Lipinski definition) is 4. The maximum Gasteiger partial charge on any atom is 0.129 e. The molecule has 0 aliphatic carbocycles. The Kier molecular flexibility index (Phi) is 4.17. The largest absolute Gasteiger partial charge is 0.490 e. The molecule has 1 aromatic carbocycles. The molecule has 1 saturated heterocycles. The highest BCUT2D eigenvalue weighted by molar-refractivity contribution is 5.86. The van der Waals surface area contributed by atoms with Crippen LogP contribution >= 0.6 is 0 Å². The number of aryl methyl sites for hydroxylation is 1. The maximum absolute atomic E-state index is 6.32. The van der Waals surface area contributed by atoms with Gasteiger partial charge in [0.05, 0.1) is 5.52 Å². The zero-order valence-corrected chi connectivity index (χ0v) is 13.9. The van der Waals surface area contributed by atoms with E-state index in [2.05, 4.69) is 56.9 Å². The number of ether oxygens (including phenoxy) is 1.